The number of rotatable bonds is 4. The summed E-state index contributed by atoms with van der Waals surface area (Å²) < 4.78 is 29.1. The molecule has 0 aliphatic carbocycles. The molecule has 0 aromatic carbocycles. The van der Waals surface area contributed by atoms with Crippen LogP contribution < -0.4 is 10.2 Å². The number of hydrogen-bond donors (Lipinski definition) is 1. The number of halogens is 2. The highest BCUT2D eigenvalue weighted by Gasteiger charge is 2.29. The lowest BCUT2D eigenvalue weighted by Crippen LogP contribution is -2.20. The fourth-order valence-electron chi connectivity index (χ4n) is 3.50. The largest absolute Gasteiger partial charge is 0.353 e. The number of nitrogens with zero attached hydrogens (tertiary/aromatic N) is 6. The molecule has 0 radical (unpaired) electrons. The highest BCUT2D eigenvalue weighted by Crippen LogP contribution is 2.33. The lowest BCUT2D eigenvalue weighted by Gasteiger charge is -2.14. The number of nitrogens with one attached hydrogen (secondary N) is 1. The normalized spacial score (nSPS) is 16.6. The number of fused-ring (bicyclic) bond motifs is 1. The number of aromatic nitrogens is 4. The van der Waals surface area contributed by atoms with Crippen molar-refractivity contribution in [3.05, 3.63) is 36.2 Å². The average molecular weight is 411 g/mol. The maximum absolute atomic E-state index is 13.8. The summed E-state index contributed by atoms with van der Waals surface area (Å²) >= 11 is 0. The molecule has 1 aliphatic rings. The molecule has 1 fully saturated rings. The number of anilines is 2. The summed E-state index contributed by atoms with van der Waals surface area (Å²) in [7, 11) is 0. The lowest BCUT2D eigenvalue weighted by atomic mass is 10.1. The van der Waals surface area contributed by atoms with Gasteiger partial charge in [0.2, 0.25) is 5.91 Å². The molecule has 0 saturated carbocycles. The van der Waals surface area contributed by atoms with Gasteiger partial charge in [0.25, 0.3) is 5.92 Å². The van der Waals surface area contributed by atoms with E-state index < -0.39 is 5.92 Å². The summed E-state index contributed by atoms with van der Waals surface area (Å²) in [4.78, 5) is 21.8. The van der Waals surface area contributed by atoms with Crippen molar-refractivity contribution >= 4 is 28.4 Å². The van der Waals surface area contributed by atoms with Gasteiger partial charge in [0.15, 0.2) is 11.6 Å². The Morgan fingerprint density at radius 1 is 1.40 bits per heavy atom. The van der Waals surface area contributed by atoms with Crippen LogP contribution in [0.1, 0.15) is 26.0 Å². The van der Waals surface area contributed by atoms with Gasteiger partial charge in [0.1, 0.15) is 11.5 Å². The zero-order valence-corrected chi connectivity index (χ0v) is 16.4. The van der Waals surface area contributed by atoms with Gasteiger partial charge in [-0.15, -0.1) is 5.10 Å². The van der Waals surface area contributed by atoms with Gasteiger partial charge in [-0.05, 0) is 18.6 Å². The Morgan fingerprint density at radius 3 is 2.87 bits per heavy atom. The van der Waals surface area contributed by atoms with Crippen molar-refractivity contribution in [1.82, 2.24) is 19.7 Å². The van der Waals surface area contributed by atoms with E-state index in [1.807, 2.05) is 4.90 Å². The number of amides is 1. The van der Waals surface area contributed by atoms with Crippen molar-refractivity contribution < 1.29 is 13.6 Å². The first-order valence-electron chi connectivity index (χ1n) is 9.43. The number of hydrogen-bond acceptors (Lipinski definition) is 6. The van der Waals surface area contributed by atoms with Crippen LogP contribution in [0.2, 0.25) is 0 Å². The molecule has 154 valence electrons. The predicted molar refractivity (Wildman–Crippen MR) is 106 cm³/mol. The van der Waals surface area contributed by atoms with E-state index in [1.165, 1.54) is 23.7 Å². The first-order chi connectivity index (χ1) is 14.3. The van der Waals surface area contributed by atoms with Crippen molar-refractivity contribution in [2.24, 2.45) is 5.92 Å². The standard InChI is InChI=1S/C20H19F2N7O/c1-12(30)25-17-8-15-14(10-24-17)19(28-7-6-13(9-23)11-28)27-29(15)18-5-3-4-16(26-18)20(2,21)22/h3-5,8,10,13H,6-7,11H2,1-2H3,(H,24,25,30)/t13-/m1/s1. The van der Waals surface area contributed by atoms with Gasteiger partial charge in [-0.25, -0.2) is 14.6 Å². The molecule has 30 heavy (non-hydrogen) atoms. The molecular formula is C20H19F2N7O. The molecule has 0 unspecified atom stereocenters. The highest BCUT2D eigenvalue weighted by atomic mass is 19.3. The van der Waals surface area contributed by atoms with E-state index in [9.17, 15) is 18.8 Å². The van der Waals surface area contributed by atoms with E-state index in [2.05, 4.69) is 26.5 Å². The fraction of sp³-hybridized carbons (Fsp3) is 0.350. The topological polar surface area (TPSA) is 99.7 Å². The molecule has 0 spiro atoms. The molecular weight excluding hydrogens is 392 g/mol. The van der Waals surface area contributed by atoms with Crippen LogP contribution in [0.25, 0.3) is 16.7 Å². The van der Waals surface area contributed by atoms with Gasteiger partial charge in [0.05, 0.1) is 22.9 Å². The van der Waals surface area contributed by atoms with Crippen molar-refractivity contribution in [1.29, 1.82) is 5.26 Å². The van der Waals surface area contributed by atoms with Gasteiger partial charge in [-0.1, -0.05) is 6.07 Å². The molecule has 10 heteroatoms. The summed E-state index contributed by atoms with van der Waals surface area (Å²) in [5.74, 6) is -2.34. The van der Waals surface area contributed by atoms with Crippen molar-refractivity contribution in [2.75, 3.05) is 23.3 Å². The Labute approximate surface area is 171 Å². The van der Waals surface area contributed by atoms with E-state index in [-0.39, 0.29) is 23.3 Å². The SMILES string of the molecule is CC(=O)Nc1cc2c(cn1)c(N1CC[C@H](C#N)C1)nn2-c1cccc(C(C)(F)F)n1. The molecule has 1 N–H and O–H groups in total. The molecule has 1 aliphatic heterocycles. The third-order valence-electron chi connectivity index (χ3n) is 4.92. The van der Waals surface area contributed by atoms with Gasteiger partial charge in [0, 0.05) is 39.2 Å². The number of nitriles is 1. The second kappa shape index (κ2) is 7.33. The maximum Gasteiger partial charge on any atom is 0.287 e. The van der Waals surface area contributed by atoms with Gasteiger partial charge >= 0.3 is 0 Å². The summed E-state index contributed by atoms with van der Waals surface area (Å²) in [6.45, 7) is 3.33. The predicted octanol–water partition coefficient (Wildman–Crippen LogP) is 3.24. The molecule has 1 atom stereocenters. The minimum atomic E-state index is -3.10. The van der Waals surface area contributed by atoms with Crippen molar-refractivity contribution in [3.8, 4) is 11.9 Å². The summed E-state index contributed by atoms with van der Waals surface area (Å²) in [5, 5.41) is 17.1. The number of alkyl halides is 2. The highest BCUT2D eigenvalue weighted by molar-refractivity contribution is 5.95. The summed E-state index contributed by atoms with van der Waals surface area (Å²) in [6, 6.07) is 8.25. The third-order valence-corrected chi connectivity index (χ3v) is 4.92. The van der Waals surface area contributed by atoms with Crippen LogP contribution in [0.5, 0.6) is 0 Å². The number of pyridine rings is 2. The minimum absolute atomic E-state index is 0.1000. The number of carbonyl (C=O) groups is 1. The molecule has 4 rings (SSSR count). The minimum Gasteiger partial charge on any atom is -0.353 e. The van der Waals surface area contributed by atoms with Crippen molar-refractivity contribution in [3.63, 3.8) is 0 Å². The second-order valence-corrected chi connectivity index (χ2v) is 7.33. The first-order valence-corrected chi connectivity index (χ1v) is 9.43. The fourth-order valence-corrected chi connectivity index (χ4v) is 3.50. The van der Waals surface area contributed by atoms with Crippen LogP contribution in [0.4, 0.5) is 20.4 Å². The zero-order chi connectivity index (χ0) is 21.5. The maximum atomic E-state index is 13.8. The summed E-state index contributed by atoms with van der Waals surface area (Å²) in [5.41, 5.74) is 0.195. The first kappa shape index (κ1) is 19.7. The monoisotopic (exact) mass is 411 g/mol. The quantitative estimate of drug-likeness (QED) is 0.708. The van der Waals surface area contributed by atoms with Gasteiger partial charge in [-0.2, -0.15) is 14.0 Å². The van der Waals surface area contributed by atoms with Crippen LogP contribution in [0, 0.1) is 17.2 Å². The molecule has 3 aromatic heterocycles. The van der Waals surface area contributed by atoms with E-state index in [0.29, 0.717) is 35.6 Å². The zero-order valence-electron chi connectivity index (χ0n) is 16.4. The Morgan fingerprint density at radius 2 is 2.20 bits per heavy atom. The van der Waals surface area contributed by atoms with Gasteiger partial charge in [-0.3, -0.25) is 4.79 Å². The Bertz CT molecular complexity index is 1160. The smallest absolute Gasteiger partial charge is 0.287 e. The average Bonchev–Trinajstić information content (AvgIpc) is 3.31. The number of carbonyl (C=O) groups excluding carboxylic acids is 1. The Hall–Kier alpha value is -3.61. The van der Waals surface area contributed by atoms with Crippen LogP contribution in [0.15, 0.2) is 30.5 Å². The van der Waals surface area contributed by atoms with E-state index in [1.54, 1.807) is 18.3 Å². The second-order valence-electron chi connectivity index (χ2n) is 7.33. The van der Waals surface area contributed by atoms with Crippen LogP contribution in [-0.2, 0) is 10.7 Å². The van der Waals surface area contributed by atoms with Crippen LogP contribution in [-0.4, -0.2) is 38.7 Å². The molecule has 1 saturated heterocycles. The molecule has 1 amide bonds. The molecule has 8 nitrogen and oxygen atoms in total. The van der Waals surface area contributed by atoms with E-state index in [4.69, 9.17) is 0 Å². The van der Waals surface area contributed by atoms with Crippen molar-refractivity contribution in [2.45, 2.75) is 26.2 Å². The molecule has 0 bridgehead atoms. The van der Waals surface area contributed by atoms with E-state index in [0.717, 1.165) is 13.3 Å². The Kier molecular flexibility index (Phi) is 4.81. The molecule has 4 heterocycles. The van der Waals surface area contributed by atoms with Crippen LogP contribution >= 0.6 is 0 Å². The Balaban J connectivity index is 1.87. The lowest BCUT2D eigenvalue weighted by molar-refractivity contribution is -0.114. The van der Waals surface area contributed by atoms with Crippen LogP contribution in [0.3, 0.4) is 0 Å². The molecule has 3 aromatic rings. The third kappa shape index (κ3) is 3.66. The van der Waals surface area contributed by atoms with E-state index >= 15 is 0 Å². The van der Waals surface area contributed by atoms with Gasteiger partial charge < -0.3 is 10.2 Å². The summed E-state index contributed by atoms with van der Waals surface area (Å²) in [6.07, 6.45) is 2.30.